The number of sulfonamides is 1. The third kappa shape index (κ3) is 3.99. The molecule has 0 heterocycles. The number of carbonyl (C=O) groups is 1. The highest BCUT2D eigenvalue weighted by molar-refractivity contribution is 7.92. The lowest BCUT2D eigenvalue weighted by molar-refractivity contribution is -0.114. The Morgan fingerprint density at radius 2 is 1.79 bits per heavy atom. The first kappa shape index (κ1) is 17.7. The van der Waals surface area contributed by atoms with Gasteiger partial charge in [-0.3, -0.25) is 9.52 Å². The Kier molecular flexibility index (Phi) is 5.03. The van der Waals surface area contributed by atoms with E-state index in [1.807, 2.05) is 4.72 Å². The van der Waals surface area contributed by atoms with Crippen LogP contribution in [-0.4, -0.2) is 21.4 Å². The molecule has 24 heavy (non-hydrogen) atoms. The standard InChI is InChI=1S/C15H14F2N2O4S/c1-9(20)18-14-8-11(4-6-15(14)23-2)24(21,22)19-13-5-3-10(16)7-12(13)17/h3-8,19H,1-2H3,(H,18,20). The molecule has 0 spiro atoms. The summed E-state index contributed by atoms with van der Waals surface area (Å²) in [5.74, 6) is -2.03. The highest BCUT2D eigenvalue weighted by Gasteiger charge is 2.19. The van der Waals surface area contributed by atoms with Crippen LogP contribution in [0.4, 0.5) is 20.2 Å². The molecule has 0 saturated carbocycles. The van der Waals surface area contributed by atoms with Crippen molar-refractivity contribution in [3.63, 3.8) is 0 Å². The summed E-state index contributed by atoms with van der Waals surface area (Å²) in [5.41, 5.74) is -0.249. The number of anilines is 2. The van der Waals surface area contributed by atoms with Gasteiger partial charge in [0.15, 0.2) is 0 Å². The molecule has 0 bridgehead atoms. The zero-order valence-corrected chi connectivity index (χ0v) is 13.6. The molecule has 2 aromatic carbocycles. The summed E-state index contributed by atoms with van der Waals surface area (Å²) in [6.07, 6.45) is 0. The van der Waals surface area contributed by atoms with E-state index < -0.39 is 33.3 Å². The van der Waals surface area contributed by atoms with E-state index in [2.05, 4.69) is 5.32 Å². The molecule has 128 valence electrons. The van der Waals surface area contributed by atoms with Crippen molar-refractivity contribution in [3.05, 3.63) is 48.0 Å². The maximum atomic E-state index is 13.6. The zero-order chi connectivity index (χ0) is 17.9. The molecule has 0 aromatic heterocycles. The lowest BCUT2D eigenvalue weighted by Gasteiger charge is -2.13. The van der Waals surface area contributed by atoms with E-state index >= 15 is 0 Å². The number of halogens is 2. The second-order valence-electron chi connectivity index (χ2n) is 4.77. The van der Waals surface area contributed by atoms with Crippen LogP contribution in [0.15, 0.2) is 41.3 Å². The van der Waals surface area contributed by atoms with E-state index in [-0.39, 0.29) is 16.3 Å². The molecule has 0 aliphatic rings. The Bertz CT molecular complexity index is 885. The molecule has 0 saturated heterocycles. The fourth-order valence-electron chi connectivity index (χ4n) is 1.92. The van der Waals surface area contributed by atoms with Crippen LogP contribution < -0.4 is 14.8 Å². The van der Waals surface area contributed by atoms with Crippen molar-refractivity contribution in [2.24, 2.45) is 0 Å². The predicted molar refractivity (Wildman–Crippen MR) is 84.5 cm³/mol. The molecular weight excluding hydrogens is 342 g/mol. The Morgan fingerprint density at radius 3 is 2.38 bits per heavy atom. The summed E-state index contributed by atoms with van der Waals surface area (Å²) in [5, 5.41) is 2.44. The van der Waals surface area contributed by atoms with Crippen molar-refractivity contribution in [1.82, 2.24) is 0 Å². The first-order chi connectivity index (χ1) is 11.2. The van der Waals surface area contributed by atoms with Crippen LogP contribution in [0.25, 0.3) is 0 Å². The zero-order valence-electron chi connectivity index (χ0n) is 12.8. The Balaban J connectivity index is 2.40. The van der Waals surface area contributed by atoms with Gasteiger partial charge in [0.1, 0.15) is 17.4 Å². The van der Waals surface area contributed by atoms with Crippen molar-refractivity contribution < 1.29 is 26.7 Å². The highest BCUT2D eigenvalue weighted by atomic mass is 32.2. The van der Waals surface area contributed by atoms with Crippen molar-refractivity contribution in [2.75, 3.05) is 17.1 Å². The van der Waals surface area contributed by atoms with E-state index in [4.69, 9.17) is 4.74 Å². The van der Waals surface area contributed by atoms with Gasteiger partial charge in [-0.1, -0.05) is 0 Å². The molecule has 2 rings (SSSR count). The Labute approximate surface area is 137 Å². The molecule has 1 amide bonds. The highest BCUT2D eigenvalue weighted by Crippen LogP contribution is 2.29. The third-order valence-corrected chi connectivity index (χ3v) is 4.33. The van der Waals surface area contributed by atoms with Crippen molar-refractivity contribution in [1.29, 1.82) is 0 Å². The van der Waals surface area contributed by atoms with Crippen LogP contribution in [0.2, 0.25) is 0 Å². The minimum Gasteiger partial charge on any atom is -0.495 e. The average Bonchev–Trinajstić information content (AvgIpc) is 2.49. The average molecular weight is 356 g/mol. The van der Waals surface area contributed by atoms with E-state index in [0.717, 1.165) is 12.1 Å². The van der Waals surface area contributed by atoms with Gasteiger partial charge in [0, 0.05) is 13.0 Å². The van der Waals surface area contributed by atoms with Gasteiger partial charge in [0.05, 0.1) is 23.4 Å². The number of hydrogen-bond acceptors (Lipinski definition) is 4. The quantitative estimate of drug-likeness (QED) is 0.863. The van der Waals surface area contributed by atoms with Crippen LogP contribution in [0, 0.1) is 11.6 Å². The molecule has 2 aromatic rings. The minimum absolute atomic E-state index is 0.146. The monoisotopic (exact) mass is 356 g/mol. The van der Waals surface area contributed by atoms with Gasteiger partial charge in [-0.05, 0) is 30.3 Å². The summed E-state index contributed by atoms with van der Waals surface area (Å²) < 4.78 is 58.3. The van der Waals surface area contributed by atoms with E-state index in [9.17, 15) is 22.0 Å². The van der Waals surface area contributed by atoms with Gasteiger partial charge in [-0.2, -0.15) is 0 Å². The van der Waals surface area contributed by atoms with Crippen molar-refractivity contribution in [2.45, 2.75) is 11.8 Å². The molecule has 0 radical (unpaired) electrons. The topological polar surface area (TPSA) is 84.5 Å². The number of hydrogen-bond donors (Lipinski definition) is 2. The summed E-state index contributed by atoms with van der Waals surface area (Å²) in [7, 11) is -2.79. The maximum Gasteiger partial charge on any atom is 0.262 e. The third-order valence-electron chi connectivity index (χ3n) is 2.97. The van der Waals surface area contributed by atoms with E-state index in [1.54, 1.807) is 0 Å². The Hall–Kier alpha value is -2.68. The number of nitrogens with one attached hydrogen (secondary N) is 2. The summed E-state index contributed by atoms with van der Waals surface area (Å²) >= 11 is 0. The van der Waals surface area contributed by atoms with Gasteiger partial charge in [-0.15, -0.1) is 0 Å². The van der Waals surface area contributed by atoms with Crippen LogP contribution >= 0.6 is 0 Å². The molecule has 6 nitrogen and oxygen atoms in total. The van der Waals surface area contributed by atoms with Crippen LogP contribution in [0.1, 0.15) is 6.92 Å². The summed E-state index contributed by atoms with van der Waals surface area (Å²) in [4.78, 5) is 11.0. The molecule has 2 N–H and O–H groups in total. The molecule has 9 heteroatoms. The van der Waals surface area contributed by atoms with Gasteiger partial charge in [0.2, 0.25) is 5.91 Å². The van der Waals surface area contributed by atoms with E-state index in [1.165, 1.54) is 32.2 Å². The predicted octanol–water partition coefficient (Wildman–Crippen LogP) is 2.73. The van der Waals surface area contributed by atoms with Gasteiger partial charge in [-0.25, -0.2) is 17.2 Å². The number of methoxy groups -OCH3 is 1. The molecule has 0 aliphatic carbocycles. The second kappa shape index (κ2) is 6.83. The molecule has 0 fully saturated rings. The van der Waals surface area contributed by atoms with Crippen LogP contribution in [0.3, 0.4) is 0 Å². The molecule has 0 unspecified atom stereocenters. The minimum atomic E-state index is -4.15. The maximum absolute atomic E-state index is 13.6. The molecule has 0 atom stereocenters. The molecular formula is C15H14F2N2O4S. The van der Waals surface area contributed by atoms with Crippen molar-refractivity contribution >= 4 is 27.3 Å². The van der Waals surface area contributed by atoms with Crippen LogP contribution in [-0.2, 0) is 14.8 Å². The fourth-order valence-corrected chi connectivity index (χ4v) is 3.01. The fraction of sp³-hybridized carbons (Fsp3) is 0.133. The molecule has 0 aliphatic heterocycles. The van der Waals surface area contributed by atoms with Gasteiger partial charge in [0.25, 0.3) is 10.0 Å². The Morgan fingerprint density at radius 1 is 1.08 bits per heavy atom. The normalized spacial score (nSPS) is 11.0. The largest absolute Gasteiger partial charge is 0.495 e. The SMILES string of the molecule is COc1ccc(S(=O)(=O)Nc2ccc(F)cc2F)cc1NC(C)=O. The number of ether oxygens (including phenoxy) is 1. The smallest absolute Gasteiger partial charge is 0.262 e. The first-order valence-electron chi connectivity index (χ1n) is 6.66. The van der Waals surface area contributed by atoms with E-state index in [0.29, 0.717) is 6.07 Å². The van der Waals surface area contributed by atoms with Gasteiger partial charge < -0.3 is 10.1 Å². The lowest BCUT2D eigenvalue weighted by atomic mass is 10.3. The second-order valence-corrected chi connectivity index (χ2v) is 6.46. The lowest BCUT2D eigenvalue weighted by Crippen LogP contribution is -2.15. The van der Waals surface area contributed by atoms with Crippen LogP contribution in [0.5, 0.6) is 5.75 Å². The number of benzene rings is 2. The summed E-state index contributed by atoms with van der Waals surface area (Å²) in [6, 6.07) is 6.21. The number of amides is 1. The first-order valence-corrected chi connectivity index (χ1v) is 8.15. The van der Waals surface area contributed by atoms with Gasteiger partial charge >= 0.3 is 0 Å². The van der Waals surface area contributed by atoms with Crippen molar-refractivity contribution in [3.8, 4) is 5.75 Å². The number of rotatable bonds is 5. The summed E-state index contributed by atoms with van der Waals surface area (Å²) in [6.45, 7) is 1.26. The number of carbonyl (C=O) groups excluding carboxylic acids is 1.